The monoisotopic (exact) mass is 530 g/mol. The molecule has 10 nitrogen and oxygen atoms in total. The summed E-state index contributed by atoms with van der Waals surface area (Å²) in [6.45, 7) is 8.19. The van der Waals surface area contributed by atoms with Crippen LogP contribution >= 0.6 is 23.4 Å². The van der Waals surface area contributed by atoms with Crippen LogP contribution in [-0.4, -0.2) is 37.3 Å². The fourth-order valence-electron chi connectivity index (χ4n) is 3.45. The van der Waals surface area contributed by atoms with Crippen LogP contribution in [0.25, 0.3) is 0 Å². The van der Waals surface area contributed by atoms with E-state index in [0.29, 0.717) is 28.2 Å². The minimum absolute atomic E-state index is 0.0467. The van der Waals surface area contributed by atoms with Gasteiger partial charge in [-0.2, -0.15) is 0 Å². The number of anilines is 1. The number of non-ortho nitro benzene ring substituents is 1. The highest BCUT2D eigenvalue weighted by atomic mass is 35.5. The molecule has 0 unspecified atom stereocenters. The van der Waals surface area contributed by atoms with Gasteiger partial charge in [0.05, 0.1) is 16.7 Å². The number of nitrogens with zero attached hydrogens (tertiary/aromatic N) is 4. The molecular weight excluding hydrogens is 504 g/mol. The largest absolute Gasteiger partial charge is 0.342 e. The summed E-state index contributed by atoms with van der Waals surface area (Å²) in [5.41, 5.74) is 1.55. The van der Waals surface area contributed by atoms with E-state index in [4.69, 9.17) is 11.6 Å². The summed E-state index contributed by atoms with van der Waals surface area (Å²) >= 11 is 7.36. The molecule has 2 amide bonds. The Morgan fingerprint density at radius 1 is 1.19 bits per heavy atom. The van der Waals surface area contributed by atoms with Crippen LogP contribution in [0.4, 0.5) is 11.4 Å². The number of nitrogens with one attached hydrogen (secondary N) is 2. The molecule has 0 saturated carbocycles. The van der Waals surface area contributed by atoms with Gasteiger partial charge < -0.3 is 15.2 Å². The maximum atomic E-state index is 12.9. The average molecular weight is 531 g/mol. The Kier molecular flexibility index (Phi) is 9.05. The second kappa shape index (κ2) is 12.0. The highest BCUT2D eigenvalue weighted by molar-refractivity contribution is 7.99. The van der Waals surface area contributed by atoms with Crippen LogP contribution in [-0.2, 0) is 11.3 Å². The van der Waals surface area contributed by atoms with Crippen molar-refractivity contribution >= 4 is 46.6 Å². The van der Waals surface area contributed by atoms with Gasteiger partial charge >= 0.3 is 0 Å². The molecule has 0 bridgehead atoms. The fourth-order valence-corrected chi connectivity index (χ4v) is 4.44. The Bertz CT molecular complexity index is 1280. The molecule has 0 saturated heterocycles. The van der Waals surface area contributed by atoms with Crippen LogP contribution in [0.2, 0.25) is 5.02 Å². The molecule has 1 heterocycles. The molecule has 0 spiro atoms. The Morgan fingerprint density at radius 2 is 1.94 bits per heavy atom. The van der Waals surface area contributed by atoms with Crippen molar-refractivity contribution in [3.05, 3.63) is 74.6 Å². The lowest BCUT2D eigenvalue weighted by Crippen LogP contribution is -2.33. The standard InChI is InChI=1S/C24H27ClN6O4S/c1-5-30-22(21(14(2)3)27-23(33)16-7-6-8-18(11-16)31(34)35)28-29-24(30)36-13-20(32)26-17-10-9-15(4)19(25)12-17/h6-12,14,21H,5,13H2,1-4H3,(H,26,32)(H,27,33)/t21-/m1/s1. The van der Waals surface area contributed by atoms with Crippen molar-refractivity contribution in [3.8, 4) is 0 Å². The molecule has 12 heteroatoms. The van der Waals surface area contributed by atoms with E-state index in [1.165, 1.54) is 36.0 Å². The molecule has 190 valence electrons. The molecule has 1 atom stereocenters. The summed E-state index contributed by atoms with van der Waals surface area (Å²) in [5.74, 6) is -0.0651. The number of rotatable bonds is 10. The molecule has 0 aliphatic carbocycles. The van der Waals surface area contributed by atoms with Crippen LogP contribution < -0.4 is 10.6 Å². The smallest absolute Gasteiger partial charge is 0.270 e. The van der Waals surface area contributed by atoms with Crippen LogP contribution in [0.15, 0.2) is 47.6 Å². The SMILES string of the molecule is CCn1c(SCC(=O)Nc2ccc(C)c(Cl)c2)nnc1[C@H](NC(=O)c1cccc([N+](=O)[O-])c1)C(C)C. The van der Waals surface area contributed by atoms with E-state index in [1.807, 2.05) is 38.3 Å². The van der Waals surface area contributed by atoms with Crippen molar-refractivity contribution in [2.75, 3.05) is 11.1 Å². The van der Waals surface area contributed by atoms with E-state index in [2.05, 4.69) is 20.8 Å². The zero-order valence-electron chi connectivity index (χ0n) is 20.3. The molecule has 36 heavy (non-hydrogen) atoms. The number of thioether (sulfide) groups is 1. The number of carbonyl (C=O) groups excluding carboxylic acids is 2. The van der Waals surface area contributed by atoms with Gasteiger partial charge in [-0.15, -0.1) is 10.2 Å². The summed E-state index contributed by atoms with van der Waals surface area (Å²) in [7, 11) is 0. The number of nitro benzene ring substituents is 1. The molecule has 2 N–H and O–H groups in total. The van der Waals surface area contributed by atoms with E-state index >= 15 is 0 Å². The number of benzene rings is 2. The molecule has 3 rings (SSSR count). The van der Waals surface area contributed by atoms with Crippen molar-refractivity contribution in [1.29, 1.82) is 0 Å². The van der Waals surface area contributed by atoms with Crippen molar-refractivity contribution in [2.24, 2.45) is 5.92 Å². The van der Waals surface area contributed by atoms with Gasteiger partial charge in [-0.1, -0.05) is 49.3 Å². The Balaban J connectivity index is 1.72. The minimum atomic E-state index is -0.544. The number of aryl methyl sites for hydroxylation is 1. The van der Waals surface area contributed by atoms with Crippen molar-refractivity contribution in [3.63, 3.8) is 0 Å². The third-order valence-electron chi connectivity index (χ3n) is 5.40. The van der Waals surface area contributed by atoms with Gasteiger partial charge in [-0.25, -0.2) is 0 Å². The predicted molar refractivity (Wildman–Crippen MR) is 139 cm³/mol. The van der Waals surface area contributed by atoms with E-state index in [-0.39, 0.29) is 28.8 Å². The second-order valence-corrected chi connectivity index (χ2v) is 9.74. The summed E-state index contributed by atoms with van der Waals surface area (Å²) in [6, 6.07) is 10.4. The molecule has 0 aliphatic rings. The van der Waals surface area contributed by atoms with Gasteiger partial charge in [-0.3, -0.25) is 19.7 Å². The van der Waals surface area contributed by atoms with Gasteiger partial charge in [0.15, 0.2) is 11.0 Å². The topological polar surface area (TPSA) is 132 Å². The zero-order chi connectivity index (χ0) is 26.4. The van der Waals surface area contributed by atoms with Crippen LogP contribution in [0.3, 0.4) is 0 Å². The Labute approximate surface area is 218 Å². The molecule has 3 aromatic rings. The minimum Gasteiger partial charge on any atom is -0.342 e. The lowest BCUT2D eigenvalue weighted by molar-refractivity contribution is -0.384. The first-order chi connectivity index (χ1) is 17.1. The molecule has 2 aromatic carbocycles. The fraction of sp³-hybridized carbons (Fsp3) is 0.333. The van der Waals surface area contributed by atoms with E-state index in [0.717, 1.165) is 5.56 Å². The van der Waals surface area contributed by atoms with Gasteiger partial charge in [0.1, 0.15) is 0 Å². The lowest BCUT2D eigenvalue weighted by atomic mass is 10.0. The maximum absolute atomic E-state index is 12.9. The lowest BCUT2D eigenvalue weighted by Gasteiger charge is -2.22. The summed E-state index contributed by atoms with van der Waals surface area (Å²) < 4.78 is 1.85. The first-order valence-corrected chi connectivity index (χ1v) is 12.6. The number of nitro groups is 1. The Hall–Kier alpha value is -3.44. The molecular formula is C24H27ClN6O4S. The van der Waals surface area contributed by atoms with Crippen LogP contribution in [0.1, 0.15) is 48.6 Å². The summed E-state index contributed by atoms with van der Waals surface area (Å²) in [6.07, 6.45) is 0. The first-order valence-electron chi connectivity index (χ1n) is 11.3. The van der Waals surface area contributed by atoms with Gasteiger partial charge in [0.2, 0.25) is 5.91 Å². The van der Waals surface area contributed by atoms with E-state index in [9.17, 15) is 19.7 Å². The number of aromatic nitrogens is 3. The highest BCUT2D eigenvalue weighted by Crippen LogP contribution is 2.26. The van der Waals surface area contributed by atoms with Gasteiger partial charge in [0, 0.05) is 35.0 Å². The van der Waals surface area contributed by atoms with Crippen LogP contribution in [0.5, 0.6) is 0 Å². The maximum Gasteiger partial charge on any atom is 0.270 e. The van der Waals surface area contributed by atoms with Gasteiger partial charge in [0.25, 0.3) is 11.6 Å². The molecule has 0 radical (unpaired) electrons. The zero-order valence-corrected chi connectivity index (χ0v) is 21.9. The summed E-state index contributed by atoms with van der Waals surface area (Å²) in [5, 5.41) is 26.5. The Morgan fingerprint density at radius 3 is 2.58 bits per heavy atom. The number of halogens is 1. The summed E-state index contributed by atoms with van der Waals surface area (Å²) in [4.78, 5) is 35.9. The molecule has 1 aromatic heterocycles. The third kappa shape index (κ3) is 6.61. The number of carbonyl (C=O) groups is 2. The number of amides is 2. The highest BCUT2D eigenvalue weighted by Gasteiger charge is 2.26. The first kappa shape index (κ1) is 27.2. The average Bonchev–Trinajstić information content (AvgIpc) is 3.25. The molecule has 0 aliphatic heterocycles. The van der Waals surface area contributed by atoms with E-state index < -0.39 is 16.9 Å². The predicted octanol–water partition coefficient (Wildman–Crippen LogP) is 5.03. The van der Waals surface area contributed by atoms with Crippen molar-refractivity contribution in [2.45, 2.75) is 45.4 Å². The normalized spacial score (nSPS) is 11.8. The van der Waals surface area contributed by atoms with Gasteiger partial charge in [-0.05, 0) is 43.5 Å². The van der Waals surface area contributed by atoms with Crippen LogP contribution in [0, 0.1) is 23.0 Å². The number of hydrogen-bond acceptors (Lipinski definition) is 7. The number of hydrogen-bond donors (Lipinski definition) is 2. The quantitative estimate of drug-likeness (QED) is 0.213. The molecule has 0 fully saturated rings. The van der Waals surface area contributed by atoms with E-state index in [1.54, 1.807) is 12.1 Å². The van der Waals surface area contributed by atoms with Crippen molar-refractivity contribution in [1.82, 2.24) is 20.1 Å². The third-order valence-corrected chi connectivity index (χ3v) is 6.77. The second-order valence-electron chi connectivity index (χ2n) is 8.39. The van der Waals surface area contributed by atoms with Crippen molar-refractivity contribution < 1.29 is 14.5 Å².